The van der Waals surface area contributed by atoms with Gasteiger partial charge in [0, 0.05) is 32.7 Å². The van der Waals surface area contributed by atoms with Crippen molar-refractivity contribution in [3.05, 3.63) is 24.3 Å². The van der Waals surface area contributed by atoms with Crippen LogP contribution >= 0.6 is 0 Å². The largest absolute Gasteiger partial charge is 0.481 e. The summed E-state index contributed by atoms with van der Waals surface area (Å²) in [4.78, 5) is 13.7. The number of ether oxygens (including phenoxy) is 1. The summed E-state index contributed by atoms with van der Waals surface area (Å²) in [6.07, 6.45) is 1.10. The van der Waals surface area contributed by atoms with E-state index >= 15 is 0 Å². The first-order chi connectivity index (χ1) is 14.6. The zero-order valence-electron chi connectivity index (χ0n) is 17.2. The minimum atomic E-state index is -3.94. The number of nitrogens with one attached hydrogen (secondary N) is 2. The molecule has 1 aromatic carbocycles. The predicted octanol–water partition coefficient (Wildman–Crippen LogP) is -1.18. The van der Waals surface area contributed by atoms with E-state index in [1.54, 1.807) is 11.8 Å². The van der Waals surface area contributed by atoms with Gasteiger partial charge in [0.25, 0.3) is 5.91 Å². The van der Waals surface area contributed by atoms with Crippen molar-refractivity contribution < 1.29 is 31.6 Å². The number of piperazine rings is 1. The third-order valence-corrected chi connectivity index (χ3v) is 7.43. The highest BCUT2D eigenvalue weighted by Crippen LogP contribution is 2.16. The van der Waals surface area contributed by atoms with Crippen LogP contribution in [0.5, 0.6) is 5.75 Å². The molecule has 0 radical (unpaired) electrons. The first kappa shape index (κ1) is 25.1. The Morgan fingerprint density at radius 3 is 2.29 bits per heavy atom. The quantitative estimate of drug-likeness (QED) is 0.230. The molecule has 1 aromatic rings. The van der Waals surface area contributed by atoms with E-state index in [-0.39, 0.29) is 44.2 Å². The number of carbonyl (C=O) groups excluding carboxylic acids is 1. The van der Waals surface area contributed by atoms with Gasteiger partial charge in [-0.2, -0.15) is 4.31 Å². The molecule has 2 rings (SSSR count). The van der Waals surface area contributed by atoms with E-state index in [0.717, 1.165) is 6.26 Å². The Bertz CT molecular complexity index is 1020. The molecule has 1 aliphatic rings. The molecule has 0 aliphatic carbocycles. The molecule has 1 heterocycles. The molecule has 1 atom stereocenters. The number of hydroxylamine groups is 1. The Balaban J connectivity index is 2.03. The average molecular weight is 475 g/mol. The number of carbonyl (C=O) groups is 1. The molecule has 0 unspecified atom stereocenters. The van der Waals surface area contributed by atoms with Crippen LogP contribution in [0, 0.1) is 11.8 Å². The van der Waals surface area contributed by atoms with E-state index in [1.807, 2.05) is 0 Å². The molecule has 0 spiro atoms. The summed E-state index contributed by atoms with van der Waals surface area (Å²) in [7, 11) is -7.30. The highest BCUT2D eigenvalue weighted by molar-refractivity contribution is 7.89. The second-order valence-electron chi connectivity index (χ2n) is 6.73. The molecule has 13 heteroatoms. The van der Waals surface area contributed by atoms with Crippen LogP contribution in [0.1, 0.15) is 6.92 Å². The maximum atomic E-state index is 12.6. The third-order valence-electron chi connectivity index (χ3n) is 4.68. The van der Waals surface area contributed by atoms with Crippen LogP contribution in [0.15, 0.2) is 29.2 Å². The summed E-state index contributed by atoms with van der Waals surface area (Å²) in [6.45, 7) is 2.29. The van der Waals surface area contributed by atoms with E-state index in [2.05, 4.69) is 16.6 Å². The fourth-order valence-corrected chi connectivity index (χ4v) is 4.85. The van der Waals surface area contributed by atoms with E-state index < -0.39 is 32.0 Å². The zero-order chi connectivity index (χ0) is 23.1. The molecule has 31 heavy (non-hydrogen) atoms. The van der Waals surface area contributed by atoms with E-state index in [9.17, 15) is 21.6 Å². The number of hydrogen-bond donors (Lipinski definition) is 3. The monoisotopic (exact) mass is 474 g/mol. The Morgan fingerprint density at radius 2 is 1.77 bits per heavy atom. The Hall–Kier alpha value is -2.21. The standard InChI is InChI=1S/C18H26N4O7S2/c1-3-4-13-29-15-5-7-16(8-6-15)31(27,28)19-14-17(18(23)20-24)21-9-11-22(12-10-21)30(2,25)26/h5-8,17,19,24H,9-14H2,1-2H3,(H,20,23)/t17-/m0/s1. The van der Waals surface area contributed by atoms with Crippen LogP contribution in [0.4, 0.5) is 0 Å². The molecular formula is C18H26N4O7S2. The minimum absolute atomic E-state index is 0.0218. The zero-order valence-corrected chi connectivity index (χ0v) is 18.9. The number of benzene rings is 1. The van der Waals surface area contributed by atoms with Crippen molar-refractivity contribution in [3.8, 4) is 17.6 Å². The molecule has 1 aliphatic heterocycles. The normalized spacial score (nSPS) is 16.7. The van der Waals surface area contributed by atoms with Crippen molar-refractivity contribution in [2.24, 2.45) is 0 Å². The number of hydrogen-bond acceptors (Lipinski definition) is 8. The Labute approximate surface area is 182 Å². The minimum Gasteiger partial charge on any atom is -0.481 e. The van der Waals surface area contributed by atoms with Gasteiger partial charge in [0.15, 0.2) is 0 Å². The van der Waals surface area contributed by atoms with Crippen LogP contribution in [0.3, 0.4) is 0 Å². The smallest absolute Gasteiger partial charge is 0.262 e. The first-order valence-electron chi connectivity index (χ1n) is 9.33. The van der Waals surface area contributed by atoms with Gasteiger partial charge in [0.1, 0.15) is 18.4 Å². The van der Waals surface area contributed by atoms with Crippen molar-refractivity contribution in [2.75, 3.05) is 45.6 Å². The fourth-order valence-electron chi connectivity index (χ4n) is 2.99. The van der Waals surface area contributed by atoms with Gasteiger partial charge in [0.2, 0.25) is 20.0 Å². The van der Waals surface area contributed by atoms with Crippen LogP contribution in [0.2, 0.25) is 0 Å². The van der Waals surface area contributed by atoms with Gasteiger partial charge in [-0.05, 0) is 31.2 Å². The van der Waals surface area contributed by atoms with Gasteiger partial charge in [-0.3, -0.25) is 14.9 Å². The lowest BCUT2D eigenvalue weighted by molar-refractivity contribution is -0.135. The summed E-state index contributed by atoms with van der Waals surface area (Å²) in [5.74, 6) is 5.08. The molecule has 172 valence electrons. The van der Waals surface area contributed by atoms with Crippen molar-refractivity contribution in [3.63, 3.8) is 0 Å². The SMILES string of the molecule is CC#CCOc1ccc(S(=O)(=O)NC[C@@H](C(=O)NO)N2CCN(S(C)(=O)=O)CC2)cc1. The number of nitrogens with zero attached hydrogens (tertiary/aromatic N) is 2. The first-order valence-corrected chi connectivity index (χ1v) is 12.7. The summed E-state index contributed by atoms with van der Waals surface area (Å²) >= 11 is 0. The summed E-state index contributed by atoms with van der Waals surface area (Å²) in [5.41, 5.74) is 1.54. The molecule has 1 amide bonds. The van der Waals surface area contributed by atoms with Gasteiger partial charge in [0.05, 0.1) is 11.2 Å². The maximum absolute atomic E-state index is 12.6. The lowest BCUT2D eigenvalue weighted by Gasteiger charge is -2.37. The Kier molecular flexibility index (Phi) is 8.80. The molecule has 0 bridgehead atoms. The van der Waals surface area contributed by atoms with E-state index in [4.69, 9.17) is 9.94 Å². The van der Waals surface area contributed by atoms with E-state index in [1.165, 1.54) is 34.1 Å². The molecule has 1 saturated heterocycles. The van der Waals surface area contributed by atoms with Crippen LogP contribution in [0.25, 0.3) is 0 Å². The molecule has 11 nitrogen and oxygen atoms in total. The Morgan fingerprint density at radius 1 is 1.16 bits per heavy atom. The van der Waals surface area contributed by atoms with Crippen molar-refractivity contribution in [2.45, 2.75) is 17.9 Å². The molecule has 0 saturated carbocycles. The molecule has 0 aromatic heterocycles. The number of sulfonamides is 2. The highest BCUT2D eigenvalue weighted by atomic mass is 32.2. The van der Waals surface area contributed by atoms with Gasteiger partial charge < -0.3 is 4.74 Å². The van der Waals surface area contributed by atoms with Crippen LogP contribution in [-0.2, 0) is 24.8 Å². The summed E-state index contributed by atoms with van der Waals surface area (Å²) in [5, 5.41) is 9.05. The highest BCUT2D eigenvalue weighted by Gasteiger charge is 2.32. The maximum Gasteiger partial charge on any atom is 0.262 e. The van der Waals surface area contributed by atoms with Gasteiger partial charge in [-0.15, -0.1) is 5.92 Å². The lowest BCUT2D eigenvalue weighted by atomic mass is 10.2. The molecule has 3 N–H and O–H groups in total. The van der Waals surface area contributed by atoms with Gasteiger partial charge in [-0.1, -0.05) is 5.92 Å². The molecular weight excluding hydrogens is 448 g/mol. The second kappa shape index (κ2) is 10.9. The predicted molar refractivity (Wildman–Crippen MR) is 112 cm³/mol. The lowest BCUT2D eigenvalue weighted by Crippen LogP contribution is -2.58. The van der Waals surface area contributed by atoms with Gasteiger partial charge in [-0.25, -0.2) is 27.0 Å². The van der Waals surface area contributed by atoms with Crippen molar-refractivity contribution in [1.82, 2.24) is 19.4 Å². The topological polar surface area (TPSA) is 145 Å². The average Bonchev–Trinajstić information content (AvgIpc) is 2.74. The molecule has 1 fully saturated rings. The van der Waals surface area contributed by atoms with Crippen LogP contribution < -0.4 is 14.9 Å². The van der Waals surface area contributed by atoms with Crippen LogP contribution in [-0.4, -0.2) is 88.8 Å². The third kappa shape index (κ3) is 7.17. The van der Waals surface area contributed by atoms with Crippen molar-refractivity contribution >= 4 is 26.0 Å². The number of rotatable bonds is 9. The van der Waals surface area contributed by atoms with E-state index in [0.29, 0.717) is 5.75 Å². The van der Waals surface area contributed by atoms with Crippen molar-refractivity contribution in [1.29, 1.82) is 0 Å². The second-order valence-corrected chi connectivity index (χ2v) is 10.5. The summed E-state index contributed by atoms with van der Waals surface area (Å²) < 4.78 is 57.5. The van der Waals surface area contributed by atoms with Gasteiger partial charge >= 0.3 is 0 Å². The summed E-state index contributed by atoms with van der Waals surface area (Å²) in [6, 6.07) is 4.70. The number of amides is 1. The fraction of sp³-hybridized carbons (Fsp3) is 0.500.